The molecule has 0 radical (unpaired) electrons. The van der Waals surface area contributed by atoms with E-state index in [0.717, 1.165) is 0 Å². The van der Waals surface area contributed by atoms with Crippen LogP contribution in [0.2, 0.25) is 0 Å². The molecule has 0 atom stereocenters. The number of hydrogen-bond acceptors (Lipinski definition) is 3. The van der Waals surface area contributed by atoms with E-state index in [1.165, 1.54) is 0 Å². The van der Waals surface area contributed by atoms with E-state index in [9.17, 15) is 9.59 Å². The maximum atomic E-state index is 12.2. The summed E-state index contributed by atoms with van der Waals surface area (Å²) >= 11 is 0. The molecule has 4 N–H and O–H groups in total. The minimum atomic E-state index is -0.0500. The summed E-state index contributed by atoms with van der Waals surface area (Å²) in [4.78, 5) is 28.5. The number of nitrogens with two attached hydrogens (primary N) is 1. The average molecular weight is 264 g/mol. The van der Waals surface area contributed by atoms with Crippen molar-refractivity contribution in [1.29, 1.82) is 0 Å². The van der Waals surface area contributed by atoms with Crippen LogP contribution in [0.5, 0.6) is 0 Å². The van der Waals surface area contributed by atoms with Crippen molar-refractivity contribution < 1.29 is 9.59 Å². The number of amides is 2. The highest BCUT2D eigenvalue weighted by Crippen LogP contribution is 2.19. The van der Waals surface area contributed by atoms with Crippen LogP contribution in [0, 0.1) is 5.92 Å². The summed E-state index contributed by atoms with van der Waals surface area (Å²) < 4.78 is 0. The molecule has 0 bridgehead atoms. The fourth-order valence-corrected chi connectivity index (χ4v) is 2.37. The molecular weight excluding hydrogens is 244 g/mol. The van der Waals surface area contributed by atoms with Gasteiger partial charge in [-0.3, -0.25) is 9.59 Å². The van der Waals surface area contributed by atoms with Crippen molar-refractivity contribution in [1.82, 2.24) is 15.2 Å². The molecular formula is C13H20N4O2. The molecule has 19 heavy (non-hydrogen) atoms. The van der Waals surface area contributed by atoms with Gasteiger partial charge in [0.1, 0.15) is 5.69 Å². The SMILES string of the molecule is CCNC(=O)C1CCN(C(=O)c2cc(N)c[nH]2)CC1. The van der Waals surface area contributed by atoms with E-state index in [4.69, 9.17) is 5.73 Å². The summed E-state index contributed by atoms with van der Waals surface area (Å²) in [6.45, 7) is 3.78. The number of aromatic amines is 1. The number of carbonyl (C=O) groups excluding carboxylic acids is 2. The number of rotatable bonds is 3. The smallest absolute Gasteiger partial charge is 0.270 e. The lowest BCUT2D eigenvalue weighted by molar-refractivity contribution is -0.126. The van der Waals surface area contributed by atoms with E-state index >= 15 is 0 Å². The first-order chi connectivity index (χ1) is 9.11. The first-order valence-corrected chi connectivity index (χ1v) is 6.62. The third-order valence-electron chi connectivity index (χ3n) is 3.44. The number of piperidine rings is 1. The molecule has 0 unspecified atom stereocenters. The maximum Gasteiger partial charge on any atom is 0.270 e. The van der Waals surface area contributed by atoms with Gasteiger partial charge in [-0.1, -0.05) is 0 Å². The zero-order valence-corrected chi connectivity index (χ0v) is 11.1. The molecule has 104 valence electrons. The van der Waals surface area contributed by atoms with E-state index in [-0.39, 0.29) is 17.7 Å². The molecule has 1 saturated heterocycles. The van der Waals surface area contributed by atoms with Crippen molar-refractivity contribution in [3.8, 4) is 0 Å². The van der Waals surface area contributed by atoms with Crippen molar-refractivity contribution in [3.05, 3.63) is 18.0 Å². The van der Waals surface area contributed by atoms with Gasteiger partial charge in [-0.15, -0.1) is 0 Å². The third kappa shape index (κ3) is 3.07. The average Bonchev–Trinajstić information content (AvgIpc) is 2.85. The molecule has 1 aliphatic heterocycles. The summed E-state index contributed by atoms with van der Waals surface area (Å²) in [5.41, 5.74) is 6.65. The Morgan fingerprint density at radius 3 is 2.68 bits per heavy atom. The molecule has 0 saturated carbocycles. The van der Waals surface area contributed by atoms with E-state index < -0.39 is 0 Å². The first-order valence-electron chi connectivity index (χ1n) is 6.62. The lowest BCUT2D eigenvalue weighted by atomic mass is 9.95. The zero-order valence-electron chi connectivity index (χ0n) is 11.1. The minimum Gasteiger partial charge on any atom is -0.397 e. The summed E-state index contributed by atoms with van der Waals surface area (Å²) in [5.74, 6) is 0.0717. The van der Waals surface area contributed by atoms with Crippen LogP contribution in [-0.4, -0.2) is 41.3 Å². The summed E-state index contributed by atoms with van der Waals surface area (Å²) in [7, 11) is 0. The Kier molecular flexibility index (Phi) is 4.09. The van der Waals surface area contributed by atoms with Gasteiger partial charge < -0.3 is 20.9 Å². The van der Waals surface area contributed by atoms with E-state index in [0.29, 0.717) is 43.9 Å². The van der Waals surface area contributed by atoms with E-state index in [1.807, 2.05) is 6.92 Å². The lowest BCUT2D eigenvalue weighted by Crippen LogP contribution is -2.43. The van der Waals surface area contributed by atoms with Gasteiger partial charge in [-0.25, -0.2) is 0 Å². The number of anilines is 1. The van der Waals surface area contributed by atoms with Crippen molar-refractivity contribution in [3.63, 3.8) is 0 Å². The van der Waals surface area contributed by atoms with E-state index in [1.54, 1.807) is 17.2 Å². The van der Waals surface area contributed by atoms with Crippen LogP contribution in [0.25, 0.3) is 0 Å². The van der Waals surface area contributed by atoms with Crippen molar-refractivity contribution in [2.24, 2.45) is 5.92 Å². The van der Waals surface area contributed by atoms with Crippen LogP contribution in [0.3, 0.4) is 0 Å². The molecule has 0 spiro atoms. The number of H-pyrrole nitrogens is 1. The van der Waals surface area contributed by atoms with E-state index in [2.05, 4.69) is 10.3 Å². The van der Waals surface area contributed by atoms with Crippen LogP contribution in [-0.2, 0) is 4.79 Å². The highest BCUT2D eigenvalue weighted by atomic mass is 16.2. The molecule has 2 heterocycles. The third-order valence-corrected chi connectivity index (χ3v) is 3.44. The van der Waals surface area contributed by atoms with Crippen molar-refractivity contribution in [2.45, 2.75) is 19.8 Å². The normalized spacial score (nSPS) is 16.4. The second-order valence-electron chi connectivity index (χ2n) is 4.81. The number of nitrogens with zero attached hydrogens (tertiary/aromatic N) is 1. The largest absolute Gasteiger partial charge is 0.397 e. The first kappa shape index (κ1) is 13.5. The molecule has 2 amide bonds. The zero-order chi connectivity index (χ0) is 13.8. The summed E-state index contributed by atoms with van der Waals surface area (Å²) in [5, 5.41) is 2.83. The predicted molar refractivity (Wildman–Crippen MR) is 72.5 cm³/mol. The number of likely N-dealkylation sites (tertiary alicyclic amines) is 1. The molecule has 1 aromatic rings. The Morgan fingerprint density at radius 1 is 1.47 bits per heavy atom. The Balaban J connectivity index is 1.89. The number of hydrogen-bond donors (Lipinski definition) is 3. The summed E-state index contributed by atoms with van der Waals surface area (Å²) in [6, 6.07) is 1.64. The number of nitrogen functional groups attached to an aromatic ring is 1. The Bertz CT molecular complexity index is 461. The van der Waals surface area contributed by atoms with Gasteiger partial charge in [0.2, 0.25) is 5.91 Å². The fourth-order valence-electron chi connectivity index (χ4n) is 2.37. The Hall–Kier alpha value is -1.98. The van der Waals surface area contributed by atoms with Crippen LogP contribution in [0.15, 0.2) is 12.3 Å². The minimum absolute atomic E-state index is 0.0257. The molecule has 6 heteroatoms. The highest BCUT2D eigenvalue weighted by molar-refractivity contribution is 5.93. The quantitative estimate of drug-likeness (QED) is 0.746. The van der Waals surface area contributed by atoms with Crippen LogP contribution >= 0.6 is 0 Å². The van der Waals surface area contributed by atoms with Crippen LogP contribution < -0.4 is 11.1 Å². The second kappa shape index (κ2) is 5.77. The summed E-state index contributed by atoms with van der Waals surface area (Å²) in [6.07, 6.45) is 3.04. The van der Waals surface area contributed by atoms with Crippen LogP contribution in [0.1, 0.15) is 30.3 Å². The highest BCUT2D eigenvalue weighted by Gasteiger charge is 2.27. The van der Waals surface area contributed by atoms with Gasteiger partial charge in [0.15, 0.2) is 0 Å². The molecule has 0 aromatic carbocycles. The van der Waals surface area contributed by atoms with Crippen molar-refractivity contribution in [2.75, 3.05) is 25.4 Å². The molecule has 6 nitrogen and oxygen atoms in total. The number of aromatic nitrogens is 1. The van der Waals surface area contributed by atoms with Gasteiger partial charge in [0.05, 0.1) is 0 Å². The van der Waals surface area contributed by atoms with Gasteiger partial charge in [0, 0.05) is 37.4 Å². The lowest BCUT2D eigenvalue weighted by Gasteiger charge is -2.31. The monoisotopic (exact) mass is 264 g/mol. The fraction of sp³-hybridized carbons (Fsp3) is 0.538. The van der Waals surface area contributed by atoms with Gasteiger partial charge in [-0.05, 0) is 25.8 Å². The second-order valence-corrected chi connectivity index (χ2v) is 4.81. The molecule has 0 aliphatic carbocycles. The molecule has 1 fully saturated rings. The van der Waals surface area contributed by atoms with Crippen LogP contribution in [0.4, 0.5) is 5.69 Å². The molecule has 1 aromatic heterocycles. The van der Waals surface area contributed by atoms with Gasteiger partial charge in [-0.2, -0.15) is 0 Å². The topological polar surface area (TPSA) is 91.2 Å². The number of carbonyl (C=O) groups is 2. The Morgan fingerprint density at radius 2 is 2.16 bits per heavy atom. The maximum absolute atomic E-state index is 12.2. The Labute approximate surface area is 112 Å². The molecule has 2 rings (SSSR count). The van der Waals surface area contributed by atoms with Crippen molar-refractivity contribution >= 4 is 17.5 Å². The van der Waals surface area contributed by atoms with Gasteiger partial charge >= 0.3 is 0 Å². The standard InChI is InChI=1S/C13H20N4O2/c1-2-15-12(18)9-3-5-17(6-4-9)13(19)11-7-10(14)8-16-11/h7-9,16H,2-6,14H2,1H3,(H,15,18). The number of nitrogens with one attached hydrogen (secondary N) is 2. The molecule has 1 aliphatic rings. The van der Waals surface area contributed by atoms with Gasteiger partial charge in [0.25, 0.3) is 5.91 Å². The predicted octanol–water partition coefficient (Wildman–Crippen LogP) is 0.585.